The smallest absolute Gasteiger partial charge is 0.160 e. The van der Waals surface area contributed by atoms with Gasteiger partial charge in [-0.25, -0.2) is 9.97 Å². The number of nitrogens with zero attached hydrogens (tertiary/aromatic N) is 3. The zero-order chi connectivity index (χ0) is 11.8. The first-order chi connectivity index (χ1) is 8.28. The number of pyridine rings is 1. The largest absolute Gasteiger partial charge is 0.376 e. The Morgan fingerprint density at radius 1 is 1.47 bits per heavy atom. The summed E-state index contributed by atoms with van der Waals surface area (Å²) < 4.78 is 7.55. The molecule has 1 fully saturated rings. The van der Waals surface area contributed by atoms with E-state index in [9.17, 15) is 0 Å². The zero-order valence-corrected chi connectivity index (χ0v) is 10.4. The normalized spacial score (nSPS) is 19.5. The topological polar surface area (TPSA) is 39.9 Å². The van der Waals surface area contributed by atoms with Crippen LogP contribution in [0, 0.1) is 6.92 Å². The number of hydrogen-bond acceptors (Lipinski definition) is 3. The van der Waals surface area contributed by atoms with Crippen molar-refractivity contribution in [1.29, 1.82) is 0 Å². The molecule has 2 aromatic heterocycles. The second-order valence-electron chi connectivity index (χ2n) is 4.35. The number of fused-ring (bicyclic) bond motifs is 1. The third-order valence-corrected chi connectivity index (χ3v) is 3.35. The first-order valence-electron chi connectivity index (χ1n) is 5.78. The van der Waals surface area contributed by atoms with Crippen LogP contribution in [-0.4, -0.2) is 27.2 Å². The highest BCUT2D eigenvalue weighted by Gasteiger charge is 2.21. The van der Waals surface area contributed by atoms with Gasteiger partial charge >= 0.3 is 0 Å². The number of rotatable bonds is 3. The standard InChI is InChI=1S/C12H14ClN3O/c1-8-2-3-10-12(14-8)16(11(6-13)15-10)7-9-4-5-17-9/h2-3,9H,4-7H2,1H3/t9-/m0/s1. The number of aromatic nitrogens is 3. The van der Waals surface area contributed by atoms with Crippen molar-refractivity contribution in [2.45, 2.75) is 31.9 Å². The van der Waals surface area contributed by atoms with Crippen molar-refractivity contribution in [1.82, 2.24) is 14.5 Å². The molecule has 17 heavy (non-hydrogen) atoms. The van der Waals surface area contributed by atoms with Gasteiger partial charge in [-0.2, -0.15) is 0 Å². The van der Waals surface area contributed by atoms with Crippen molar-refractivity contribution in [3.63, 3.8) is 0 Å². The van der Waals surface area contributed by atoms with E-state index in [1.807, 2.05) is 19.1 Å². The average molecular weight is 252 g/mol. The minimum absolute atomic E-state index is 0.289. The van der Waals surface area contributed by atoms with E-state index < -0.39 is 0 Å². The van der Waals surface area contributed by atoms with E-state index in [0.717, 1.165) is 42.3 Å². The fourth-order valence-corrected chi connectivity index (χ4v) is 2.27. The molecule has 1 atom stereocenters. The molecule has 0 N–H and O–H groups in total. The molecule has 2 aromatic rings. The molecule has 1 saturated heterocycles. The highest BCUT2D eigenvalue weighted by molar-refractivity contribution is 6.16. The number of ether oxygens (including phenoxy) is 1. The molecule has 0 spiro atoms. The Morgan fingerprint density at radius 3 is 2.94 bits per heavy atom. The van der Waals surface area contributed by atoms with Gasteiger partial charge < -0.3 is 9.30 Å². The molecule has 0 radical (unpaired) electrons. The molecule has 90 valence electrons. The molecule has 5 heteroatoms. The molecule has 3 heterocycles. The molecule has 0 aliphatic carbocycles. The van der Waals surface area contributed by atoms with E-state index >= 15 is 0 Å². The van der Waals surface area contributed by atoms with Crippen molar-refractivity contribution in [2.75, 3.05) is 6.61 Å². The van der Waals surface area contributed by atoms with Gasteiger partial charge in [0, 0.05) is 12.3 Å². The second kappa shape index (κ2) is 4.27. The van der Waals surface area contributed by atoms with Crippen LogP contribution in [0.5, 0.6) is 0 Å². The average Bonchev–Trinajstić information content (AvgIpc) is 2.61. The maximum absolute atomic E-state index is 5.94. The summed E-state index contributed by atoms with van der Waals surface area (Å²) in [6, 6.07) is 3.96. The van der Waals surface area contributed by atoms with E-state index in [1.165, 1.54) is 0 Å². The Labute approximate surface area is 105 Å². The van der Waals surface area contributed by atoms with E-state index in [2.05, 4.69) is 14.5 Å². The van der Waals surface area contributed by atoms with Crippen molar-refractivity contribution >= 4 is 22.8 Å². The minimum Gasteiger partial charge on any atom is -0.376 e. The van der Waals surface area contributed by atoms with Gasteiger partial charge in [-0.3, -0.25) is 0 Å². The first kappa shape index (κ1) is 11.0. The molecule has 0 saturated carbocycles. The Balaban J connectivity index is 2.07. The van der Waals surface area contributed by atoms with E-state index in [4.69, 9.17) is 16.3 Å². The third-order valence-electron chi connectivity index (χ3n) is 3.11. The summed E-state index contributed by atoms with van der Waals surface area (Å²) in [5, 5.41) is 0. The van der Waals surface area contributed by atoms with Crippen LogP contribution in [0.25, 0.3) is 11.2 Å². The SMILES string of the molecule is Cc1ccc2nc(CCl)n(C[C@@H]3CCO3)c2n1. The van der Waals surface area contributed by atoms with Crippen LogP contribution in [0.3, 0.4) is 0 Å². The Morgan fingerprint density at radius 2 is 2.29 bits per heavy atom. The zero-order valence-electron chi connectivity index (χ0n) is 9.69. The molecular weight excluding hydrogens is 238 g/mol. The summed E-state index contributed by atoms with van der Waals surface area (Å²) >= 11 is 5.94. The fourth-order valence-electron chi connectivity index (χ4n) is 2.07. The van der Waals surface area contributed by atoms with Crippen molar-refractivity contribution in [2.24, 2.45) is 0 Å². The predicted octanol–water partition coefficient (Wildman–Crippen LogP) is 2.27. The molecule has 1 aliphatic heterocycles. The van der Waals surface area contributed by atoms with E-state index in [1.54, 1.807) is 0 Å². The summed E-state index contributed by atoms with van der Waals surface area (Å²) in [7, 11) is 0. The molecule has 0 amide bonds. The molecule has 1 aliphatic rings. The number of halogens is 1. The van der Waals surface area contributed by atoms with Crippen LogP contribution in [0.15, 0.2) is 12.1 Å². The number of hydrogen-bond donors (Lipinski definition) is 0. The van der Waals surface area contributed by atoms with Crippen LogP contribution < -0.4 is 0 Å². The van der Waals surface area contributed by atoms with Gasteiger partial charge in [-0.05, 0) is 25.5 Å². The number of alkyl halides is 1. The van der Waals surface area contributed by atoms with Gasteiger partial charge in [0.25, 0.3) is 0 Å². The van der Waals surface area contributed by atoms with Crippen LogP contribution in [0.4, 0.5) is 0 Å². The van der Waals surface area contributed by atoms with E-state index in [-0.39, 0.29) is 6.10 Å². The highest BCUT2D eigenvalue weighted by atomic mass is 35.5. The Hall–Kier alpha value is -1.13. The molecule has 0 bridgehead atoms. The maximum Gasteiger partial charge on any atom is 0.160 e. The van der Waals surface area contributed by atoms with Crippen LogP contribution in [0.1, 0.15) is 17.9 Å². The molecule has 3 rings (SSSR count). The maximum atomic E-state index is 5.94. The van der Waals surface area contributed by atoms with Gasteiger partial charge in [0.15, 0.2) is 5.65 Å². The quantitative estimate of drug-likeness (QED) is 0.786. The molecule has 0 unspecified atom stereocenters. The Kier molecular flexibility index (Phi) is 2.76. The van der Waals surface area contributed by atoms with Crippen molar-refractivity contribution in [3.8, 4) is 0 Å². The predicted molar refractivity (Wildman–Crippen MR) is 66.2 cm³/mol. The Bertz CT molecular complexity index is 548. The summed E-state index contributed by atoms with van der Waals surface area (Å²) in [5.41, 5.74) is 2.82. The van der Waals surface area contributed by atoms with Gasteiger partial charge in [0.05, 0.1) is 18.5 Å². The lowest BCUT2D eigenvalue weighted by Crippen LogP contribution is -2.31. The molecular formula is C12H14ClN3O. The van der Waals surface area contributed by atoms with Crippen molar-refractivity contribution in [3.05, 3.63) is 23.7 Å². The second-order valence-corrected chi connectivity index (χ2v) is 4.62. The van der Waals surface area contributed by atoms with Gasteiger partial charge in [0.2, 0.25) is 0 Å². The van der Waals surface area contributed by atoms with Gasteiger partial charge in [-0.1, -0.05) is 0 Å². The molecule has 0 aromatic carbocycles. The third kappa shape index (κ3) is 1.91. The fraction of sp³-hybridized carbons (Fsp3) is 0.500. The summed E-state index contributed by atoms with van der Waals surface area (Å²) in [5.74, 6) is 1.28. The lowest BCUT2D eigenvalue weighted by Gasteiger charge is -2.27. The summed E-state index contributed by atoms with van der Waals surface area (Å²) in [6.07, 6.45) is 1.39. The monoisotopic (exact) mass is 251 g/mol. The van der Waals surface area contributed by atoms with Gasteiger partial charge in [0.1, 0.15) is 11.3 Å². The highest BCUT2D eigenvalue weighted by Crippen LogP contribution is 2.20. The minimum atomic E-state index is 0.289. The van der Waals surface area contributed by atoms with Crippen LogP contribution >= 0.6 is 11.6 Å². The number of imidazole rings is 1. The number of aryl methyl sites for hydroxylation is 1. The van der Waals surface area contributed by atoms with Crippen LogP contribution in [-0.2, 0) is 17.2 Å². The lowest BCUT2D eigenvalue weighted by molar-refractivity contribution is -0.0590. The van der Waals surface area contributed by atoms with Crippen molar-refractivity contribution < 1.29 is 4.74 Å². The van der Waals surface area contributed by atoms with Gasteiger partial charge in [-0.15, -0.1) is 11.6 Å². The van der Waals surface area contributed by atoms with Crippen LogP contribution in [0.2, 0.25) is 0 Å². The lowest BCUT2D eigenvalue weighted by atomic mass is 10.2. The first-order valence-corrected chi connectivity index (χ1v) is 6.31. The summed E-state index contributed by atoms with van der Waals surface area (Å²) in [6.45, 7) is 3.64. The molecule has 4 nitrogen and oxygen atoms in total. The summed E-state index contributed by atoms with van der Waals surface area (Å²) in [4.78, 5) is 9.04. The van der Waals surface area contributed by atoms with E-state index in [0.29, 0.717) is 5.88 Å².